The summed E-state index contributed by atoms with van der Waals surface area (Å²) in [5.74, 6) is 0. The molecule has 2 atom stereocenters. The van der Waals surface area contributed by atoms with Crippen LogP contribution in [0, 0.1) is 6.92 Å². The molecular weight excluding hydrogens is 266 g/mol. The minimum atomic E-state index is 0.304. The lowest BCUT2D eigenvalue weighted by atomic mass is 10.0. The number of hydrogen-bond acceptors (Lipinski definition) is 1. The molecule has 2 aromatic carbocycles. The predicted octanol–water partition coefficient (Wildman–Crippen LogP) is 5.45. The van der Waals surface area contributed by atoms with Gasteiger partial charge in [0.05, 0.1) is 0 Å². The van der Waals surface area contributed by atoms with Gasteiger partial charge in [0.25, 0.3) is 0 Å². The van der Waals surface area contributed by atoms with Crippen molar-refractivity contribution in [3.05, 3.63) is 70.2 Å². The van der Waals surface area contributed by atoms with Crippen molar-refractivity contribution in [2.75, 3.05) is 0 Å². The van der Waals surface area contributed by atoms with E-state index >= 15 is 0 Å². The Bertz CT molecular complexity index is 530. The predicted molar refractivity (Wildman–Crippen MR) is 87.2 cm³/mol. The van der Waals surface area contributed by atoms with E-state index in [0.717, 1.165) is 11.4 Å². The first-order chi connectivity index (χ1) is 9.60. The molecule has 0 amide bonds. The summed E-state index contributed by atoms with van der Waals surface area (Å²) in [7, 11) is 0. The van der Waals surface area contributed by atoms with Crippen molar-refractivity contribution in [1.82, 2.24) is 5.32 Å². The van der Waals surface area contributed by atoms with E-state index in [1.807, 2.05) is 12.1 Å². The molecule has 20 heavy (non-hydrogen) atoms. The number of benzene rings is 2. The first-order valence-electron chi connectivity index (χ1n) is 7.18. The average Bonchev–Trinajstić information content (AvgIpc) is 2.46. The molecule has 106 valence electrons. The number of halogens is 1. The van der Waals surface area contributed by atoms with Crippen LogP contribution in [-0.4, -0.2) is 0 Å². The second-order valence-corrected chi connectivity index (χ2v) is 5.75. The van der Waals surface area contributed by atoms with E-state index in [1.165, 1.54) is 16.7 Å². The van der Waals surface area contributed by atoms with Crippen LogP contribution in [0.4, 0.5) is 0 Å². The van der Waals surface area contributed by atoms with Crippen LogP contribution in [0.2, 0.25) is 5.02 Å². The third-order valence-electron chi connectivity index (χ3n) is 3.71. The Morgan fingerprint density at radius 2 is 1.50 bits per heavy atom. The van der Waals surface area contributed by atoms with Gasteiger partial charge in [-0.15, -0.1) is 0 Å². The third-order valence-corrected chi connectivity index (χ3v) is 3.96. The highest BCUT2D eigenvalue weighted by Gasteiger charge is 2.13. The van der Waals surface area contributed by atoms with Crippen molar-refractivity contribution in [2.45, 2.75) is 39.3 Å². The Balaban J connectivity index is 2.09. The first kappa shape index (κ1) is 15.1. The standard InChI is InChI=1S/C18H22ClN/c1-4-18(16-7-5-13(2)6-8-16)20-14(3)15-9-11-17(19)12-10-15/h5-12,14,18,20H,4H2,1-3H3/t14-,18?/m1/s1. The minimum Gasteiger partial charge on any atom is -0.303 e. The molecule has 0 bridgehead atoms. The topological polar surface area (TPSA) is 12.0 Å². The van der Waals surface area contributed by atoms with Crippen LogP contribution >= 0.6 is 11.6 Å². The van der Waals surface area contributed by atoms with Crippen LogP contribution in [0.25, 0.3) is 0 Å². The van der Waals surface area contributed by atoms with Gasteiger partial charge in [0.1, 0.15) is 0 Å². The van der Waals surface area contributed by atoms with Crippen LogP contribution in [0.1, 0.15) is 49.0 Å². The molecular formula is C18H22ClN. The molecule has 0 spiro atoms. The smallest absolute Gasteiger partial charge is 0.0406 e. The number of nitrogens with one attached hydrogen (secondary N) is 1. The van der Waals surface area contributed by atoms with Crippen LogP contribution in [0.5, 0.6) is 0 Å². The normalized spacial score (nSPS) is 14.0. The van der Waals surface area contributed by atoms with Gasteiger partial charge < -0.3 is 5.32 Å². The zero-order chi connectivity index (χ0) is 14.5. The maximum absolute atomic E-state index is 5.94. The lowest BCUT2D eigenvalue weighted by Gasteiger charge is -2.23. The first-order valence-corrected chi connectivity index (χ1v) is 7.56. The summed E-state index contributed by atoms with van der Waals surface area (Å²) in [5, 5.41) is 4.48. The van der Waals surface area contributed by atoms with Gasteiger partial charge in [-0.2, -0.15) is 0 Å². The Kier molecular flexibility index (Phi) is 5.22. The van der Waals surface area contributed by atoms with Crippen LogP contribution < -0.4 is 5.32 Å². The van der Waals surface area contributed by atoms with Crippen molar-refractivity contribution < 1.29 is 0 Å². The van der Waals surface area contributed by atoms with Gasteiger partial charge in [-0.25, -0.2) is 0 Å². The second kappa shape index (κ2) is 6.92. The Labute approximate surface area is 127 Å². The third kappa shape index (κ3) is 3.84. The summed E-state index contributed by atoms with van der Waals surface area (Å²) in [6, 6.07) is 17.5. The molecule has 0 saturated heterocycles. The fourth-order valence-corrected chi connectivity index (χ4v) is 2.52. The summed E-state index contributed by atoms with van der Waals surface area (Å²) < 4.78 is 0. The summed E-state index contributed by atoms with van der Waals surface area (Å²) in [4.78, 5) is 0. The van der Waals surface area contributed by atoms with Crippen LogP contribution in [0.3, 0.4) is 0 Å². The highest BCUT2D eigenvalue weighted by molar-refractivity contribution is 6.30. The number of hydrogen-bond donors (Lipinski definition) is 1. The minimum absolute atomic E-state index is 0.304. The lowest BCUT2D eigenvalue weighted by molar-refractivity contribution is 0.456. The van der Waals surface area contributed by atoms with Gasteiger partial charge in [0.15, 0.2) is 0 Å². The maximum Gasteiger partial charge on any atom is 0.0406 e. The maximum atomic E-state index is 5.94. The highest BCUT2D eigenvalue weighted by atomic mass is 35.5. The van der Waals surface area contributed by atoms with Gasteiger partial charge in [-0.1, -0.05) is 60.5 Å². The SMILES string of the molecule is CCC(N[C@H](C)c1ccc(Cl)cc1)c1ccc(C)cc1. The molecule has 2 rings (SSSR count). The Morgan fingerprint density at radius 3 is 2.05 bits per heavy atom. The Morgan fingerprint density at radius 1 is 0.950 bits per heavy atom. The molecule has 1 unspecified atom stereocenters. The molecule has 0 heterocycles. The molecule has 0 aliphatic carbocycles. The zero-order valence-electron chi connectivity index (χ0n) is 12.4. The summed E-state index contributed by atoms with van der Waals surface area (Å²) in [6.45, 7) is 6.53. The van der Waals surface area contributed by atoms with Gasteiger partial charge in [-0.3, -0.25) is 0 Å². The van der Waals surface area contributed by atoms with E-state index in [9.17, 15) is 0 Å². The van der Waals surface area contributed by atoms with Gasteiger partial charge in [0.2, 0.25) is 0 Å². The van der Waals surface area contributed by atoms with Crippen molar-refractivity contribution in [3.63, 3.8) is 0 Å². The fraction of sp³-hybridized carbons (Fsp3) is 0.333. The van der Waals surface area contributed by atoms with E-state index in [2.05, 4.69) is 62.5 Å². The van der Waals surface area contributed by atoms with E-state index in [0.29, 0.717) is 12.1 Å². The van der Waals surface area contributed by atoms with Gasteiger partial charge in [0, 0.05) is 17.1 Å². The Hall–Kier alpha value is -1.31. The summed E-state index contributed by atoms with van der Waals surface area (Å²) in [6.07, 6.45) is 1.07. The molecule has 0 saturated carbocycles. The quantitative estimate of drug-likeness (QED) is 0.771. The molecule has 0 aliphatic heterocycles. The second-order valence-electron chi connectivity index (χ2n) is 5.31. The molecule has 2 heteroatoms. The monoisotopic (exact) mass is 287 g/mol. The fourth-order valence-electron chi connectivity index (χ4n) is 2.40. The van der Waals surface area contributed by atoms with Crippen LogP contribution in [-0.2, 0) is 0 Å². The van der Waals surface area contributed by atoms with E-state index in [4.69, 9.17) is 11.6 Å². The number of aryl methyl sites for hydroxylation is 1. The van der Waals surface area contributed by atoms with Crippen LogP contribution in [0.15, 0.2) is 48.5 Å². The van der Waals surface area contributed by atoms with Crippen molar-refractivity contribution in [3.8, 4) is 0 Å². The van der Waals surface area contributed by atoms with E-state index in [-0.39, 0.29) is 0 Å². The molecule has 0 aromatic heterocycles. The van der Waals surface area contributed by atoms with Crippen molar-refractivity contribution in [2.24, 2.45) is 0 Å². The lowest BCUT2D eigenvalue weighted by Crippen LogP contribution is -2.24. The van der Waals surface area contributed by atoms with E-state index in [1.54, 1.807) is 0 Å². The molecule has 2 aromatic rings. The number of rotatable bonds is 5. The molecule has 0 aliphatic rings. The zero-order valence-corrected chi connectivity index (χ0v) is 13.1. The largest absolute Gasteiger partial charge is 0.303 e. The van der Waals surface area contributed by atoms with Gasteiger partial charge >= 0.3 is 0 Å². The molecule has 1 nitrogen and oxygen atoms in total. The van der Waals surface area contributed by atoms with Crippen molar-refractivity contribution in [1.29, 1.82) is 0 Å². The molecule has 0 fully saturated rings. The molecule has 0 radical (unpaired) electrons. The van der Waals surface area contributed by atoms with Crippen molar-refractivity contribution >= 4 is 11.6 Å². The summed E-state index contributed by atoms with van der Waals surface area (Å²) >= 11 is 5.94. The summed E-state index contributed by atoms with van der Waals surface area (Å²) in [5.41, 5.74) is 3.91. The van der Waals surface area contributed by atoms with Gasteiger partial charge in [-0.05, 0) is 43.5 Å². The average molecular weight is 288 g/mol. The van der Waals surface area contributed by atoms with E-state index < -0.39 is 0 Å². The molecule has 1 N–H and O–H groups in total. The highest BCUT2D eigenvalue weighted by Crippen LogP contribution is 2.23.